The third-order valence-corrected chi connectivity index (χ3v) is 8.06. The highest BCUT2D eigenvalue weighted by atomic mass is 35.5. The van der Waals surface area contributed by atoms with E-state index < -0.39 is 22.4 Å². The Labute approximate surface area is 223 Å². The van der Waals surface area contributed by atoms with Gasteiger partial charge in [0.1, 0.15) is 5.56 Å². The number of benzene rings is 2. The Morgan fingerprint density at radius 1 is 1.05 bits per heavy atom. The van der Waals surface area contributed by atoms with Gasteiger partial charge in [0.15, 0.2) is 0 Å². The van der Waals surface area contributed by atoms with Crippen LogP contribution in [0, 0.1) is 22.0 Å². The minimum atomic E-state index is -4.83. The molecule has 0 aliphatic carbocycles. The Balaban J connectivity index is 1.08. The predicted octanol–water partition coefficient (Wildman–Crippen LogP) is 4.74. The van der Waals surface area contributed by atoms with Crippen LogP contribution in [-0.4, -0.2) is 72.5 Å². The number of carbonyl (C=O) groups is 1. The number of fused-ring (bicyclic) bond motifs is 1. The first-order valence-corrected chi connectivity index (χ1v) is 13.1. The van der Waals surface area contributed by atoms with E-state index >= 15 is 0 Å². The van der Waals surface area contributed by atoms with E-state index in [2.05, 4.69) is 27.2 Å². The molecule has 5 rings (SSSR count). The standard InChI is InChI=1S/C26H29ClF3N5O3/c27-19-1-4-22(5-2-19)34-14-17-12-32(13-18(17)15-34)9-8-25(36)33-10-7-21(16-33)31-20-3-6-24(35(37)38)23(11-20)26(28,29)30/h1-6,11,17-18,21,31H,7-10,12-16H2/t17?,18?,21-/m0/s1. The van der Waals surface area contributed by atoms with Crippen LogP contribution in [-0.2, 0) is 11.0 Å². The summed E-state index contributed by atoms with van der Waals surface area (Å²) in [6.45, 7) is 5.53. The lowest BCUT2D eigenvalue weighted by Gasteiger charge is -2.24. The first kappa shape index (κ1) is 26.6. The van der Waals surface area contributed by atoms with Gasteiger partial charge in [-0.15, -0.1) is 0 Å². The molecule has 3 aliphatic heterocycles. The van der Waals surface area contributed by atoms with Crippen molar-refractivity contribution in [1.82, 2.24) is 9.80 Å². The Morgan fingerprint density at radius 2 is 1.74 bits per heavy atom. The molecule has 1 N–H and O–H groups in total. The van der Waals surface area contributed by atoms with Crippen molar-refractivity contribution in [2.75, 3.05) is 56.0 Å². The van der Waals surface area contributed by atoms with Crippen molar-refractivity contribution in [3.05, 3.63) is 63.2 Å². The van der Waals surface area contributed by atoms with E-state index in [4.69, 9.17) is 11.6 Å². The molecule has 0 aromatic heterocycles. The number of hydrogen-bond donors (Lipinski definition) is 1. The molecule has 2 aromatic rings. The zero-order valence-corrected chi connectivity index (χ0v) is 21.4. The maximum Gasteiger partial charge on any atom is 0.423 e. The lowest BCUT2D eigenvalue weighted by atomic mass is 10.0. The molecule has 3 aliphatic rings. The van der Waals surface area contributed by atoms with Crippen molar-refractivity contribution in [3.63, 3.8) is 0 Å². The highest BCUT2D eigenvalue weighted by molar-refractivity contribution is 6.30. The maximum absolute atomic E-state index is 13.3. The summed E-state index contributed by atoms with van der Waals surface area (Å²) < 4.78 is 39.8. The number of hydrogen-bond acceptors (Lipinski definition) is 6. The number of halogens is 4. The summed E-state index contributed by atoms with van der Waals surface area (Å²) in [6, 6.07) is 10.6. The summed E-state index contributed by atoms with van der Waals surface area (Å²) in [4.78, 5) is 29.3. The van der Waals surface area contributed by atoms with Gasteiger partial charge in [-0.05, 0) is 54.7 Å². The number of nitro benzene ring substituents is 1. The van der Waals surface area contributed by atoms with Gasteiger partial charge in [0.05, 0.1) is 4.92 Å². The zero-order valence-electron chi connectivity index (χ0n) is 20.7. The molecule has 0 spiro atoms. The summed E-state index contributed by atoms with van der Waals surface area (Å²) in [6.07, 6.45) is -3.83. The predicted molar refractivity (Wildman–Crippen MR) is 138 cm³/mol. The molecular weight excluding hydrogens is 523 g/mol. The number of carbonyl (C=O) groups excluding carboxylic acids is 1. The minimum absolute atomic E-state index is 0.0360. The van der Waals surface area contributed by atoms with Gasteiger partial charge in [-0.3, -0.25) is 14.9 Å². The quantitative estimate of drug-likeness (QED) is 0.395. The van der Waals surface area contributed by atoms with Gasteiger partial charge in [-0.1, -0.05) is 11.6 Å². The van der Waals surface area contributed by atoms with Crippen LogP contribution < -0.4 is 10.2 Å². The molecule has 0 bridgehead atoms. The number of rotatable bonds is 7. The number of amides is 1. The van der Waals surface area contributed by atoms with Gasteiger partial charge in [0.25, 0.3) is 5.69 Å². The second-order valence-electron chi connectivity index (χ2n) is 10.4. The summed E-state index contributed by atoms with van der Waals surface area (Å²) in [5.74, 6) is 1.18. The first-order chi connectivity index (χ1) is 18.1. The second-order valence-corrected chi connectivity index (χ2v) is 10.8. The lowest BCUT2D eigenvalue weighted by Crippen LogP contribution is -2.35. The number of nitro groups is 1. The fourth-order valence-corrected chi connectivity index (χ4v) is 6.03. The Bertz CT molecular complexity index is 1180. The zero-order chi connectivity index (χ0) is 27.0. The molecule has 38 heavy (non-hydrogen) atoms. The van der Waals surface area contributed by atoms with E-state index in [9.17, 15) is 28.1 Å². The van der Waals surface area contributed by atoms with E-state index in [0.717, 1.165) is 43.3 Å². The average Bonchev–Trinajstić information content (AvgIpc) is 3.58. The van der Waals surface area contributed by atoms with E-state index in [-0.39, 0.29) is 17.6 Å². The minimum Gasteiger partial charge on any atom is -0.380 e. The van der Waals surface area contributed by atoms with Crippen LogP contribution in [0.1, 0.15) is 18.4 Å². The van der Waals surface area contributed by atoms with Gasteiger partial charge in [0, 0.05) is 80.7 Å². The molecule has 12 heteroatoms. The molecule has 0 radical (unpaired) electrons. The van der Waals surface area contributed by atoms with Crippen molar-refractivity contribution < 1.29 is 22.9 Å². The van der Waals surface area contributed by atoms with Gasteiger partial charge in [-0.2, -0.15) is 13.2 Å². The normalized spacial score (nSPS) is 23.6. The fraction of sp³-hybridized carbons (Fsp3) is 0.500. The second kappa shape index (κ2) is 10.6. The molecular formula is C26H29ClF3N5O3. The van der Waals surface area contributed by atoms with Crippen LogP contribution in [0.25, 0.3) is 0 Å². The molecule has 2 aromatic carbocycles. The molecule has 8 nitrogen and oxygen atoms in total. The van der Waals surface area contributed by atoms with Crippen molar-refractivity contribution in [2.24, 2.45) is 11.8 Å². The average molecular weight is 552 g/mol. The molecule has 0 saturated carbocycles. The number of likely N-dealkylation sites (tertiary alicyclic amines) is 2. The first-order valence-electron chi connectivity index (χ1n) is 12.7. The van der Waals surface area contributed by atoms with E-state index in [1.165, 1.54) is 11.8 Å². The van der Waals surface area contributed by atoms with Crippen molar-refractivity contribution >= 4 is 34.6 Å². The van der Waals surface area contributed by atoms with Crippen LogP contribution in [0.2, 0.25) is 5.02 Å². The van der Waals surface area contributed by atoms with Gasteiger partial charge in [-0.25, -0.2) is 0 Å². The molecule has 3 fully saturated rings. The van der Waals surface area contributed by atoms with Crippen LogP contribution in [0.15, 0.2) is 42.5 Å². The van der Waals surface area contributed by atoms with Crippen LogP contribution in [0.3, 0.4) is 0 Å². The molecule has 2 unspecified atom stereocenters. The van der Waals surface area contributed by atoms with E-state index in [1.807, 2.05) is 12.1 Å². The van der Waals surface area contributed by atoms with Crippen LogP contribution in [0.4, 0.5) is 30.2 Å². The Morgan fingerprint density at radius 3 is 2.37 bits per heavy atom. The van der Waals surface area contributed by atoms with Crippen molar-refractivity contribution in [3.8, 4) is 0 Å². The Kier molecular flexibility index (Phi) is 7.41. The topological polar surface area (TPSA) is 82.0 Å². The summed E-state index contributed by atoms with van der Waals surface area (Å²) in [5, 5.41) is 14.7. The van der Waals surface area contributed by atoms with Crippen LogP contribution >= 0.6 is 11.6 Å². The molecule has 3 atom stereocenters. The smallest absolute Gasteiger partial charge is 0.380 e. The van der Waals surface area contributed by atoms with E-state index in [1.54, 1.807) is 4.90 Å². The van der Waals surface area contributed by atoms with Crippen molar-refractivity contribution in [2.45, 2.75) is 25.1 Å². The molecule has 3 heterocycles. The third-order valence-electron chi connectivity index (χ3n) is 7.81. The highest BCUT2D eigenvalue weighted by Gasteiger charge is 2.41. The number of nitrogens with one attached hydrogen (secondary N) is 1. The SMILES string of the molecule is O=C(CCN1CC2CN(c3ccc(Cl)cc3)CC2C1)N1CC[C@H](Nc2ccc([N+](=O)[O-])c(C(F)(F)F)c2)C1. The number of anilines is 2. The van der Waals surface area contributed by atoms with E-state index in [0.29, 0.717) is 44.3 Å². The van der Waals surface area contributed by atoms with Gasteiger partial charge in [0.2, 0.25) is 5.91 Å². The molecule has 3 saturated heterocycles. The lowest BCUT2D eigenvalue weighted by molar-refractivity contribution is -0.388. The summed E-state index contributed by atoms with van der Waals surface area (Å²) in [7, 11) is 0. The van der Waals surface area contributed by atoms with Crippen molar-refractivity contribution in [1.29, 1.82) is 0 Å². The number of alkyl halides is 3. The largest absolute Gasteiger partial charge is 0.423 e. The van der Waals surface area contributed by atoms with Gasteiger partial charge >= 0.3 is 6.18 Å². The van der Waals surface area contributed by atoms with Crippen LogP contribution in [0.5, 0.6) is 0 Å². The van der Waals surface area contributed by atoms with Gasteiger partial charge < -0.3 is 20.0 Å². The molecule has 1 amide bonds. The highest BCUT2D eigenvalue weighted by Crippen LogP contribution is 2.38. The Hall–Kier alpha value is -3.05. The summed E-state index contributed by atoms with van der Waals surface area (Å²) >= 11 is 6.00. The third kappa shape index (κ3) is 5.83. The maximum atomic E-state index is 13.3. The fourth-order valence-electron chi connectivity index (χ4n) is 5.90. The monoisotopic (exact) mass is 551 g/mol. The number of nitrogens with zero attached hydrogens (tertiary/aromatic N) is 4. The summed E-state index contributed by atoms with van der Waals surface area (Å²) in [5.41, 5.74) is -0.926. The molecule has 204 valence electrons.